The van der Waals surface area contributed by atoms with Crippen LogP contribution in [0.4, 0.5) is 0 Å². The SMILES string of the molecule is Cc1ccc(C)c(C(=O)C(C)SCCS(C)(=O)=O)c1. The number of hydrogen-bond acceptors (Lipinski definition) is 4. The minimum Gasteiger partial charge on any atom is -0.293 e. The van der Waals surface area contributed by atoms with Crippen LogP contribution >= 0.6 is 11.8 Å². The van der Waals surface area contributed by atoms with Gasteiger partial charge < -0.3 is 0 Å². The Morgan fingerprint density at radius 3 is 2.53 bits per heavy atom. The van der Waals surface area contributed by atoms with Crippen molar-refractivity contribution in [3.05, 3.63) is 34.9 Å². The zero-order chi connectivity index (χ0) is 14.6. The second-order valence-electron chi connectivity index (χ2n) is 4.83. The number of aryl methyl sites for hydroxylation is 2. The summed E-state index contributed by atoms with van der Waals surface area (Å²) in [6, 6.07) is 5.81. The molecule has 106 valence electrons. The zero-order valence-electron chi connectivity index (χ0n) is 11.8. The summed E-state index contributed by atoms with van der Waals surface area (Å²) in [6.07, 6.45) is 1.21. The maximum atomic E-state index is 12.3. The average molecular weight is 300 g/mol. The maximum absolute atomic E-state index is 12.3. The molecule has 0 heterocycles. The van der Waals surface area contributed by atoms with E-state index in [9.17, 15) is 13.2 Å². The lowest BCUT2D eigenvalue weighted by atomic mass is 10.0. The Bertz CT molecular complexity index is 562. The number of benzene rings is 1. The average Bonchev–Trinajstić information content (AvgIpc) is 2.29. The smallest absolute Gasteiger partial charge is 0.175 e. The molecule has 1 rings (SSSR count). The first-order valence-electron chi connectivity index (χ1n) is 6.11. The Balaban J connectivity index is 2.69. The Morgan fingerprint density at radius 2 is 1.95 bits per heavy atom. The maximum Gasteiger partial charge on any atom is 0.175 e. The molecular weight excluding hydrogens is 280 g/mol. The van der Waals surface area contributed by atoms with Gasteiger partial charge in [0.2, 0.25) is 0 Å². The Labute approximate surface area is 119 Å². The largest absolute Gasteiger partial charge is 0.293 e. The molecule has 1 atom stereocenters. The third kappa shape index (κ3) is 5.37. The number of Topliss-reactive ketones (excluding diaryl/α,β-unsaturated/α-hetero) is 1. The molecule has 1 unspecified atom stereocenters. The van der Waals surface area contributed by atoms with E-state index in [4.69, 9.17) is 0 Å². The zero-order valence-corrected chi connectivity index (χ0v) is 13.4. The summed E-state index contributed by atoms with van der Waals surface area (Å²) in [5, 5.41) is -0.220. The molecule has 3 nitrogen and oxygen atoms in total. The molecule has 5 heteroatoms. The molecule has 0 aliphatic carbocycles. The summed E-state index contributed by atoms with van der Waals surface area (Å²) in [5.74, 6) is 0.637. The van der Waals surface area contributed by atoms with E-state index in [-0.39, 0.29) is 16.8 Å². The van der Waals surface area contributed by atoms with Gasteiger partial charge >= 0.3 is 0 Å². The van der Waals surface area contributed by atoms with Gasteiger partial charge in [-0.05, 0) is 32.4 Å². The van der Waals surface area contributed by atoms with Gasteiger partial charge in [-0.1, -0.05) is 17.7 Å². The number of rotatable bonds is 6. The summed E-state index contributed by atoms with van der Waals surface area (Å²) in [4.78, 5) is 12.3. The van der Waals surface area contributed by atoms with Gasteiger partial charge in [0.25, 0.3) is 0 Å². The molecule has 0 N–H and O–H groups in total. The van der Waals surface area contributed by atoms with Crippen LogP contribution in [0.3, 0.4) is 0 Å². The number of hydrogen-bond donors (Lipinski definition) is 0. The van der Waals surface area contributed by atoms with Crippen molar-refractivity contribution in [1.82, 2.24) is 0 Å². The van der Waals surface area contributed by atoms with Gasteiger partial charge in [-0.25, -0.2) is 8.42 Å². The molecule has 0 amide bonds. The molecule has 19 heavy (non-hydrogen) atoms. The first kappa shape index (κ1) is 16.2. The van der Waals surface area contributed by atoms with E-state index in [0.29, 0.717) is 5.75 Å². The van der Waals surface area contributed by atoms with Crippen LogP contribution in [-0.4, -0.2) is 37.2 Å². The molecule has 1 aromatic rings. The second-order valence-corrected chi connectivity index (χ2v) is 8.53. The highest BCUT2D eigenvalue weighted by Gasteiger charge is 2.18. The van der Waals surface area contributed by atoms with Crippen molar-refractivity contribution < 1.29 is 13.2 Å². The van der Waals surface area contributed by atoms with Gasteiger partial charge in [0.05, 0.1) is 11.0 Å². The van der Waals surface area contributed by atoms with Crippen molar-refractivity contribution in [2.24, 2.45) is 0 Å². The molecule has 0 saturated heterocycles. The summed E-state index contributed by atoms with van der Waals surface area (Å²) in [6.45, 7) is 5.70. The highest BCUT2D eigenvalue weighted by atomic mass is 32.2. The minimum absolute atomic E-state index is 0.0692. The first-order valence-corrected chi connectivity index (χ1v) is 9.22. The number of thioether (sulfide) groups is 1. The predicted octanol–water partition coefficient (Wildman–Crippen LogP) is 2.65. The Kier molecular flexibility index (Phi) is 5.62. The fourth-order valence-corrected chi connectivity index (χ4v) is 3.90. The van der Waals surface area contributed by atoms with Crippen LogP contribution in [-0.2, 0) is 9.84 Å². The van der Waals surface area contributed by atoms with Crippen LogP contribution < -0.4 is 0 Å². The standard InChI is InChI=1S/C14H20O3S2/c1-10-5-6-11(2)13(9-10)14(15)12(3)18-7-8-19(4,16)17/h5-6,9,12H,7-8H2,1-4H3. The Morgan fingerprint density at radius 1 is 1.32 bits per heavy atom. The fraction of sp³-hybridized carbons (Fsp3) is 0.500. The summed E-state index contributed by atoms with van der Waals surface area (Å²) in [5.41, 5.74) is 2.76. The van der Waals surface area contributed by atoms with Crippen LogP contribution in [0.1, 0.15) is 28.4 Å². The van der Waals surface area contributed by atoms with E-state index in [0.717, 1.165) is 16.7 Å². The molecule has 1 aromatic carbocycles. The normalized spacial score (nSPS) is 13.3. The summed E-state index contributed by atoms with van der Waals surface area (Å²) in [7, 11) is -2.96. The van der Waals surface area contributed by atoms with Gasteiger partial charge in [-0.15, -0.1) is 11.8 Å². The lowest BCUT2D eigenvalue weighted by Gasteiger charge is -2.12. The van der Waals surface area contributed by atoms with Gasteiger partial charge in [0.1, 0.15) is 9.84 Å². The fourth-order valence-electron chi connectivity index (χ4n) is 1.67. The lowest BCUT2D eigenvalue weighted by Crippen LogP contribution is -2.17. The minimum atomic E-state index is -2.96. The third-order valence-corrected chi connectivity index (χ3v) is 5.21. The molecule has 0 aliphatic heterocycles. The summed E-state index contributed by atoms with van der Waals surface area (Å²) < 4.78 is 22.1. The van der Waals surface area contributed by atoms with E-state index in [1.54, 1.807) is 0 Å². The molecule has 0 radical (unpaired) electrons. The van der Waals surface area contributed by atoms with E-state index in [2.05, 4.69) is 0 Å². The number of sulfone groups is 1. The molecule has 0 aromatic heterocycles. The molecule has 0 saturated carbocycles. The number of ketones is 1. The van der Waals surface area contributed by atoms with E-state index in [1.165, 1.54) is 18.0 Å². The highest BCUT2D eigenvalue weighted by Crippen LogP contribution is 2.20. The summed E-state index contributed by atoms with van der Waals surface area (Å²) >= 11 is 1.39. The molecule has 0 spiro atoms. The Hall–Kier alpha value is -0.810. The van der Waals surface area contributed by atoms with Crippen molar-refractivity contribution >= 4 is 27.4 Å². The van der Waals surface area contributed by atoms with Crippen molar-refractivity contribution in [1.29, 1.82) is 0 Å². The second kappa shape index (κ2) is 6.57. The predicted molar refractivity (Wildman–Crippen MR) is 81.9 cm³/mol. The van der Waals surface area contributed by atoms with Crippen LogP contribution in [0.5, 0.6) is 0 Å². The number of carbonyl (C=O) groups excluding carboxylic acids is 1. The van der Waals surface area contributed by atoms with Crippen LogP contribution in [0.25, 0.3) is 0 Å². The van der Waals surface area contributed by atoms with Crippen molar-refractivity contribution in [3.63, 3.8) is 0 Å². The van der Waals surface area contributed by atoms with Crippen molar-refractivity contribution in [2.45, 2.75) is 26.0 Å². The highest BCUT2D eigenvalue weighted by molar-refractivity contribution is 8.01. The third-order valence-electron chi connectivity index (χ3n) is 2.85. The molecule has 0 bridgehead atoms. The van der Waals surface area contributed by atoms with E-state index in [1.807, 2.05) is 39.0 Å². The monoisotopic (exact) mass is 300 g/mol. The van der Waals surface area contributed by atoms with Gasteiger partial charge in [-0.3, -0.25) is 4.79 Å². The molecule has 0 aliphatic rings. The van der Waals surface area contributed by atoms with E-state index >= 15 is 0 Å². The van der Waals surface area contributed by atoms with Crippen LogP contribution in [0, 0.1) is 13.8 Å². The molecular formula is C14H20O3S2. The van der Waals surface area contributed by atoms with Crippen LogP contribution in [0.2, 0.25) is 0 Å². The number of carbonyl (C=O) groups is 1. The van der Waals surface area contributed by atoms with Gasteiger partial charge in [0.15, 0.2) is 5.78 Å². The van der Waals surface area contributed by atoms with Gasteiger partial charge in [0, 0.05) is 17.6 Å². The van der Waals surface area contributed by atoms with Crippen molar-refractivity contribution in [3.8, 4) is 0 Å². The topological polar surface area (TPSA) is 51.2 Å². The van der Waals surface area contributed by atoms with E-state index < -0.39 is 9.84 Å². The van der Waals surface area contributed by atoms with Gasteiger partial charge in [-0.2, -0.15) is 0 Å². The van der Waals surface area contributed by atoms with Crippen molar-refractivity contribution in [2.75, 3.05) is 17.8 Å². The lowest BCUT2D eigenvalue weighted by molar-refractivity contribution is 0.0993. The molecule has 0 fully saturated rings. The first-order chi connectivity index (χ1) is 8.70. The quantitative estimate of drug-likeness (QED) is 0.758. The van der Waals surface area contributed by atoms with Crippen LogP contribution in [0.15, 0.2) is 18.2 Å².